The lowest BCUT2D eigenvalue weighted by atomic mass is 10.2. The largest absolute Gasteiger partial charge is 0.395 e. The van der Waals surface area contributed by atoms with Gasteiger partial charge in [-0.05, 0) is 24.3 Å². The Labute approximate surface area is 183 Å². The summed E-state index contributed by atoms with van der Waals surface area (Å²) in [6.45, 7) is 8.48. The molecule has 2 heterocycles. The molecule has 0 unspecified atom stereocenters. The molecule has 1 aliphatic rings. The Hall–Kier alpha value is -2.47. The highest BCUT2D eigenvalue weighted by molar-refractivity contribution is 7.89. The zero-order valence-corrected chi connectivity index (χ0v) is 18.8. The van der Waals surface area contributed by atoms with Crippen LogP contribution < -0.4 is 16.0 Å². The maximum absolute atomic E-state index is 12.6. The Kier molecular flexibility index (Phi) is 7.65. The van der Waals surface area contributed by atoms with E-state index >= 15 is 0 Å². The van der Waals surface area contributed by atoms with Gasteiger partial charge in [0.15, 0.2) is 11.6 Å². The molecule has 1 aromatic heterocycles. The Morgan fingerprint density at radius 2 is 1.74 bits per heavy atom. The molecular formula is C20H31N7O3S. The van der Waals surface area contributed by atoms with Gasteiger partial charge in [-0.2, -0.15) is 4.31 Å². The molecule has 0 amide bonds. The Morgan fingerprint density at radius 1 is 1.10 bits per heavy atom. The average molecular weight is 450 g/mol. The van der Waals surface area contributed by atoms with Crippen LogP contribution in [-0.4, -0.2) is 85.1 Å². The topological polar surface area (TPSA) is 128 Å². The quantitative estimate of drug-likeness (QED) is 0.512. The van der Waals surface area contributed by atoms with Crippen molar-refractivity contribution in [1.29, 1.82) is 0 Å². The van der Waals surface area contributed by atoms with Gasteiger partial charge in [0.25, 0.3) is 0 Å². The molecule has 31 heavy (non-hydrogen) atoms. The molecule has 1 fully saturated rings. The summed E-state index contributed by atoms with van der Waals surface area (Å²) < 4.78 is 26.7. The average Bonchev–Trinajstić information content (AvgIpc) is 2.77. The number of hydrogen-bond donors (Lipinski definition) is 3. The van der Waals surface area contributed by atoms with E-state index in [9.17, 15) is 8.42 Å². The molecule has 0 atom stereocenters. The number of aromatic nitrogens is 2. The molecule has 4 N–H and O–H groups in total. The van der Waals surface area contributed by atoms with Crippen LogP contribution in [0, 0.1) is 0 Å². The van der Waals surface area contributed by atoms with Crippen molar-refractivity contribution in [3.05, 3.63) is 30.6 Å². The first kappa shape index (κ1) is 23.2. The van der Waals surface area contributed by atoms with Crippen molar-refractivity contribution in [3.63, 3.8) is 0 Å². The number of benzene rings is 1. The smallest absolute Gasteiger partial charge is 0.243 e. The second kappa shape index (κ2) is 10.2. The fourth-order valence-electron chi connectivity index (χ4n) is 3.62. The van der Waals surface area contributed by atoms with Crippen molar-refractivity contribution in [2.75, 3.05) is 68.4 Å². The Balaban J connectivity index is 1.73. The third kappa shape index (κ3) is 5.24. The number of nitrogens with zero attached hydrogens (tertiary/aromatic N) is 5. The van der Waals surface area contributed by atoms with Gasteiger partial charge in [-0.1, -0.05) is 13.8 Å². The van der Waals surface area contributed by atoms with Crippen LogP contribution in [0.4, 0.5) is 23.0 Å². The molecule has 0 spiro atoms. The summed E-state index contributed by atoms with van der Waals surface area (Å²) in [5, 5.41) is 12.3. The number of nitrogens with two attached hydrogens (primary N) is 1. The number of aliphatic hydroxyl groups is 1. The number of piperazine rings is 1. The third-order valence-corrected chi connectivity index (χ3v) is 7.48. The zero-order valence-electron chi connectivity index (χ0n) is 18.0. The second-order valence-electron chi connectivity index (χ2n) is 7.25. The summed E-state index contributed by atoms with van der Waals surface area (Å²) in [7, 11) is -3.50. The predicted octanol–water partition coefficient (Wildman–Crippen LogP) is 0.947. The van der Waals surface area contributed by atoms with Crippen molar-refractivity contribution in [2.24, 2.45) is 0 Å². The predicted molar refractivity (Wildman–Crippen MR) is 122 cm³/mol. The molecule has 1 saturated heterocycles. The van der Waals surface area contributed by atoms with E-state index in [2.05, 4.69) is 25.1 Å². The highest BCUT2D eigenvalue weighted by Crippen LogP contribution is 2.29. The summed E-state index contributed by atoms with van der Waals surface area (Å²) in [4.78, 5) is 13.2. The van der Waals surface area contributed by atoms with Gasteiger partial charge in [-0.25, -0.2) is 18.4 Å². The maximum atomic E-state index is 12.6. The molecule has 170 valence electrons. The maximum Gasteiger partial charge on any atom is 0.243 e. The first-order valence-corrected chi connectivity index (χ1v) is 11.9. The summed E-state index contributed by atoms with van der Waals surface area (Å²) in [5.41, 5.74) is 7.47. The minimum Gasteiger partial charge on any atom is -0.395 e. The van der Waals surface area contributed by atoms with Crippen LogP contribution in [0.15, 0.2) is 35.5 Å². The minimum atomic E-state index is -3.50. The number of rotatable bonds is 9. The first-order valence-electron chi connectivity index (χ1n) is 10.5. The van der Waals surface area contributed by atoms with Crippen molar-refractivity contribution in [1.82, 2.24) is 19.2 Å². The van der Waals surface area contributed by atoms with Gasteiger partial charge in [0.05, 0.1) is 11.5 Å². The van der Waals surface area contributed by atoms with Crippen LogP contribution in [0.25, 0.3) is 0 Å². The Bertz CT molecular complexity index is 957. The number of aliphatic hydroxyl groups excluding tert-OH is 1. The van der Waals surface area contributed by atoms with E-state index in [0.29, 0.717) is 42.6 Å². The van der Waals surface area contributed by atoms with Crippen LogP contribution in [0.1, 0.15) is 13.8 Å². The zero-order chi connectivity index (χ0) is 22.4. The fraction of sp³-hybridized carbons (Fsp3) is 0.500. The second-order valence-corrected chi connectivity index (χ2v) is 9.19. The summed E-state index contributed by atoms with van der Waals surface area (Å²) >= 11 is 0. The van der Waals surface area contributed by atoms with Gasteiger partial charge < -0.3 is 21.1 Å². The van der Waals surface area contributed by atoms with E-state index in [1.807, 2.05) is 13.8 Å². The van der Waals surface area contributed by atoms with Crippen LogP contribution >= 0.6 is 0 Å². The van der Waals surface area contributed by atoms with Crippen molar-refractivity contribution in [2.45, 2.75) is 18.7 Å². The van der Waals surface area contributed by atoms with Crippen LogP contribution in [-0.2, 0) is 10.0 Å². The van der Waals surface area contributed by atoms with Crippen LogP contribution in [0.3, 0.4) is 0 Å². The number of nitrogen functional groups attached to an aromatic ring is 1. The van der Waals surface area contributed by atoms with Gasteiger partial charge in [0, 0.05) is 51.5 Å². The van der Waals surface area contributed by atoms with Crippen molar-refractivity contribution in [3.8, 4) is 0 Å². The standard InChI is InChI=1S/C20H31N7O3S/c1-3-27(4-2)31(29,30)17-7-5-16(6-8-17)24-19-18(21)20(23-15-22-19)26-11-9-25(10-12-26)13-14-28/h5-8,15,28H,3-4,9-14,21H2,1-2H3,(H,22,23,24). The van der Waals surface area contributed by atoms with E-state index in [1.54, 1.807) is 24.3 Å². The van der Waals surface area contributed by atoms with Gasteiger partial charge >= 0.3 is 0 Å². The molecular weight excluding hydrogens is 418 g/mol. The van der Waals surface area contributed by atoms with Gasteiger partial charge in [0.2, 0.25) is 10.0 Å². The van der Waals surface area contributed by atoms with Crippen LogP contribution in [0.5, 0.6) is 0 Å². The van der Waals surface area contributed by atoms with Gasteiger partial charge in [-0.15, -0.1) is 0 Å². The Morgan fingerprint density at radius 3 is 2.32 bits per heavy atom. The third-order valence-electron chi connectivity index (χ3n) is 5.41. The highest BCUT2D eigenvalue weighted by atomic mass is 32.2. The van der Waals surface area contributed by atoms with E-state index in [-0.39, 0.29) is 11.5 Å². The highest BCUT2D eigenvalue weighted by Gasteiger charge is 2.22. The van der Waals surface area contributed by atoms with E-state index in [0.717, 1.165) is 26.2 Å². The number of β-amino-alcohol motifs (C(OH)–C–C–N with tert-alkyl or cyclic N) is 1. The molecule has 3 rings (SSSR count). The molecule has 0 bridgehead atoms. The van der Waals surface area contributed by atoms with E-state index in [4.69, 9.17) is 10.8 Å². The molecule has 1 aliphatic heterocycles. The first-order chi connectivity index (χ1) is 14.9. The van der Waals surface area contributed by atoms with Crippen molar-refractivity contribution < 1.29 is 13.5 Å². The lowest BCUT2D eigenvalue weighted by Gasteiger charge is -2.35. The number of hydrogen-bond acceptors (Lipinski definition) is 9. The molecule has 0 radical (unpaired) electrons. The van der Waals surface area contributed by atoms with Gasteiger partial charge in [0.1, 0.15) is 12.0 Å². The minimum absolute atomic E-state index is 0.152. The van der Waals surface area contributed by atoms with E-state index < -0.39 is 10.0 Å². The number of nitrogens with one attached hydrogen (secondary N) is 1. The van der Waals surface area contributed by atoms with E-state index in [1.165, 1.54) is 10.6 Å². The van der Waals surface area contributed by atoms with Crippen LogP contribution in [0.2, 0.25) is 0 Å². The summed E-state index contributed by atoms with van der Waals surface area (Å²) in [6, 6.07) is 6.56. The fourth-order valence-corrected chi connectivity index (χ4v) is 5.08. The molecule has 0 saturated carbocycles. The normalized spacial score (nSPS) is 15.4. The SMILES string of the molecule is CCN(CC)S(=O)(=O)c1ccc(Nc2ncnc(N3CCN(CCO)CC3)c2N)cc1. The van der Waals surface area contributed by atoms with Gasteiger partial charge in [-0.3, -0.25) is 4.90 Å². The van der Waals surface area contributed by atoms with Crippen molar-refractivity contribution >= 4 is 33.0 Å². The molecule has 10 nitrogen and oxygen atoms in total. The molecule has 0 aliphatic carbocycles. The number of anilines is 4. The lowest BCUT2D eigenvalue weighted by Crippen LogP contribution is -2.47. The molecule has 1 aromatic carbocycles. The number of sulfonamides is 1. The summed E-state index contributed by atoms with van der Waals surface area (Å²) in [5.74, 6) is 1.14. The monoisotopic (exact) mass is 449 g/mol. The molecule has 2 aromatic rings. The summed E-state index contributed by atoms with van der Waals surface area (Å²) in [6.07, 6.45) is 1.47. The lowest BCUT2D eigenvalue weighted by molar-refractivity contribution is 0.188. The molecule has 11 heteroatoms.